The number of hydrogen-bond donors (Lipinski definition) is 0. The van der Waals surface area contributed by atoms with Gasteiger partial charge in [0.05, 0.1) is 8.80 Å². The first-order chi connectivity index (χ1) is 6.85. The minimum absolute atomic E-state index is 0.0585. The standard InChI is InChI=1S/C13H27Si/c1-4-7-9-12-14(11-6-3)13-10-8-5-2/h6H,3-5,7-13H2,1-2H3. The molecule has 0 N–H and O–H groups in total. The van der Waals surface area contributed by atoms with Crippen molar-refractivity contribution in [2.24, 2.45) is 0 Å². The molecule has 0 fully saturated rings. The van der Waals surface area contributed by atoms with Crippen molar-refractivity contribution in [2.45, 2.75) is 70.5 Å². The fourth-order valence-electron chi connectivity index (χ4n) is 1.78. The molecule has 0 saturated heterocycles. The van der Waals surface area contributed by atoms with Gasteiger partial charge in [0.15, 0.2) is 0 Å². The van der Waals surface area contributed by atoms with Crippen LogP contribution in [0.3, 0.4) is 0 Å². The van der Waals surface area contributed by atoms with Crippen LogP contribution in [-0.2, 0) is 0 Å². The van der Waals surface area contributed by atoms with Crippen LogP contribution >= 0.6 is 0 Å². The Kier molecular flexibility index (Phi) is 11.0. The van der Waals surface area contributed by atoms with Crippen molar-refractivity contribution >= 4 is 8.80 Å². The molecule has 0 saturated carbocycles. The first-order valence-electron chi connectivity index (χ1n) is 6.29. The predicted octanol–water partition coefficient (Wildman–Crippen LogP) is 5.05. The zero-order chi connectivity index (χ0) is 10.6. The maximum absolute atomic E-state index is 3.88. The third-order valence-electron chi connectivity index (χ3n) is 2.70. The summed E-state index contributed by atoms with van der Waals surface area (Å²) in [6.45, 7) is 8.46. The Morgan fingerprint density at radius 2 is 1.43 bits per heavy atom. The molecule has 0 heterocycles. The summed E-state index contributed by atoms with van der Waals surface area (Å²) >= 11 is 0. The maximum Gasteiger partial charge on any atom is 0.0518 e. The Morgan fingerprint density at radius 1 is 0.929 bits per heavy atom. The van der Waals surface area contributed by atoms with Crippen LogP contribution in [0.15, 0.2) is 12.7 Å². The smallest absolute Gasteiger partial charge is 0.0518 e. The van der Waals surface area contributed by atoms with Crippen molar-refractivity contribution in [3.63, 3.8) is 0 Å². The average molecular weight is 211 g/mol. The lowest BCUT2D eigenvalue weighted by molar-refractivity contribution is 0.745. The Balaban J connectivity index is 3.49. The number of allylic oxidation sites excluding steroid dienone is 1. The summed E-state index contributed by atoms with van der Waals surface area (Å²) in [5.74, 6) is 0. The molecule has 14 heavy (non-hydrogen) atoms. The van der Waals surface area contributed by atoms with Crippen molar-refractivity contribution in [3.05, 3.63) is 12.7 Å². The molecule has 0 aromatic carbocycles. The summed E-state index contributed by atoms with van der Waals surface area (Å²) in [5, 5.41) is 0. The average Bonchev–Trinajstić information content (AvgIpc) is 2.18. The largest absolute Gasteiger partial charge is 0.103 e. The highest BCUT2D eigenvalue weighted by molar-refractivity contribution is 6.59. The summed E-state index contributed by atoms with van der Waals surface area (Å²) in [5.41, 5.74) is 0. The van der Waals surface area contributed by atoms with Gasteiger partial charge in [-0.2, -0.15) is 0 Å². The predicted molar refractivity (Wildman–Crippen MR) is 69.4 cm³/mol. The first-order valence-corrected chi connectivity index (χ1v) is 8.41. The zero-order valence-corrected chi connectivity index (χ0v) is 11.1. The highest BCUT2D eigenvalue weighted by Crippen LogP contribution is 2.15. The molecule has 0 nitrogen and oxygen atoms in total. The second kappa shape index (κ2) is 11.0. The van der Waals surface area contributed by atoms with E-state index in [4.69, 9.17) is 0 Å². The second-order valence-electron chi connectivity index (χ2n) is 4.16. The molecule has 0 amide bonds. The van der Waals surface area contributed by atoms with Gasteiger partial charge in [-0.15, -0.1) is 6.58 Å². The molecule has 0 aliphatic heterocycles. The van der Waals surface area contributed by atoms with Gasteiger partial charge in [-0.3, -0.25) is 0 Å². The molecule has 0 bridgehead atoms. The van der Waals surface area contributed by atoms with Gasteiger partial charge in [0.1, 0.15) is 0 Å². The molecule has 0 rings (SSSR count). The van der Waals surface area contributed by atoms with Crippen molar-refractivity contribution in [2.75, 3.05) is 0 Å². The maximum atomic E-state index is 3.88. The SMILES string of the molecule is C=CC[Si](CCCCC)CCCCC. The van der Waals surface area contributed by atoms with E-state index in [0.717, 1.165) is 0 Å². The van der Waals surface area contributed by atoms with E-state index >= 15 is 0 Å². The van der Waals surface area contributed by atoms with Crippen LogP contribution in [-0.4, -0.2) is 8.80 Å². The number of rotatable bonds is 10. The van der Waals surface area contributed by atoms with E-state index < -0.39 is 0 Å². The lowest BCUT2D eigenvalue weighted by Gasteiger charge is -2.12. The molecule has 0 aromatic heterocycles. The Bertz CT molecular complexity index is 110. The summed E-state index contributed by atoms with van der Waals surface area (Å²) in [7, 11) is -0.0585. The topological polar surface area (TPSA) is 0 Å². The van der Waals surface area contributed by atoms with E-state index in [1.165, 1.54) is 56.7 Å². The van der Waals surface area contributed by atoms with E-state index in [1.54, 1.807) is 0 Å². The van der Waals surface area contributed by atoms with Gasteiger partial charge in [-0.1, -0.05) is 70.5 Å². The van der Waals surface area contributed by atoms with Crippen molar-refractivity contribution in [1.82, 2.24) is 0 Å². The van der Waals surface area contributed by atoms with Crippen LogP contribution in [0.2, 0.25) is 18.1 Å². The van der Waals surface area contributed by atoms with E-state index in [1.807, 2.05) is 0 Å². The number of unbranched alkanes of at least 4 members (excludes halogenated alkanes) is 4. The van der Waals surface area contributed by atoms with E-state index in [-0.39, 0.29) is 8.80 Å². The van der Waals surface area contributed by atoms with Crippen LogP contribution in [0.4, 0.5) is 0 Å². The molecule has 0 spiro atoms. The van der Waals surface area contributed by atoms with Crippen molar-refractivity contribution in [3.8, 4) is 0 Å². The summed E-state index contributed by atoms with van der Waals surface area (Å²) in [6, 6.07) is 4.38. The van der Waals surface area contributed by atoms with E-state index in [0.29, 0.717) is 0 Å². The highest BCUT2D eigenvalue weighted by atomic mass is 28.3. The molecule has 0 unspecified atom stereocenters. The van der Waals surface area contributed by atoms with Crippen LogP contribution in [0.5, 0.6) is 0 Å². The monoisotopic (exact) mass is 211 g/mol. The normalized spacial score (nSPS) is 10.8. The Morgan fingerprint density at radius 3 is 1.79 bits per heavy atom. The third kappa shape index (κ3) is 8.55. The Labute approximate surface area is 92.4 Å². The second-order valence-corrected chi connectivity index (χ2v) is 7.07. The van der Waals surface area contributed by atoms with Gasteiger partial charge in [0.2, 0.25) is 0 Å². The molecular weight excluding hydrogens is 184 g/mol. The quantitative estimate of drug-likeness (QED) is 0.269. The fraction of sp³-hybridized carbons (Fsp3) is 0.846. The van der Waals surface area contributed by atoms with Gasteiger partial charge in [-0.05, 0) is 6.04 Å². The van der Waals surface area contributed by atoms with E-state index in [9.17, 15) is 0 Å². The molecule has 0 aliphatic carbocycles. The van der Waals surface area contributed by atoms with Crippen LogP contribution in [0, 0.1) is 0 Å². The lowest BCUT2D eigenvalue weighted by Crippen LogP contribution is -2.10. The molecular formula is C13H27Si. The molecule has 1 heteroatoms. The van der Waals surface area contributed by atoms with Crippen LogP contribution in [0.1, 0.15) is 52.4 Å². The first kappa shape index (κ1) is 14.0. The van der Waals surface area contributed by atoms with E-state index in [2.05, 4.69) is 26.5 Å². The molecule has 0 aromatic rings. The minimum Gasteiger partial charge on any atom is -0.103 e. The van der Waals surface area contributed by atoms with Crippen LogP contribution in [0.25, 0.3) is 0 Å². The molecule has 83 valence electrons. The van der Waals surface area contributed by atoms with Gasteiger partial charge in [0, 0.05) is 0 Å². The summed E-state index contributed by atoms with van der Waals surface area (Å²) < 4.78 is 0. The van der Waals surface area contributed by atoms with Gasteiger partial charge >= 0.3 is 0 Å². The minimum atomic E-state index is -0.0585. The van der Waals surface area contributed by atoms with Crippen molar-refractivity contribution < 1.29 is 0 Å². The number of hydrogen-bond acceptors (Lipinski definition) is 0. The summed E-state index contributed by atoms with van der Waals surface area (Å²) in [4.78, 5) is 0. The van der Waals surface area contributed by atoms with Gasteiger partial charge < -0.3 is 0 Å². The zero-order valence-electron chi connectivity index (χ0n) is 10.1. The molecule has 1 radical (unpaired) electrons. The van der Waals surface area contributed by atoms with Crippen molar-refractivity contribution in [1.29, 1.82) is 0 Å². The Hall–Kier alpha value is -0.0431. The summed E-state index contributed by atoms with van der Waals surface area (Å²) in [6.07, 6.45) is 10.6. The molecule has 0 aliphatic rings. The lowest BCUT2D eigenvalue weighted by atomic mass is 10.3. The molecule has 0 atom stereocenters. The van der Waals surface area contributed by atoms with Gasteiger partial charge in [-0.25, -0.2) is 0 Å². The van der Waals surface area contributed by atoms with Gasteiger partial charge in [0.25, 0.3) is 0 Å². The third-order valence-corrected chi connectivity index (χ3v) is 5.69. The highest BCUT2D eigenvalue weighted by Gasteiger charge is 2.07. The van der Waals surface area contributed by atoms with Crippen LogP contribution < -0.4 is 0 Å². The fourth-order valence-corrected chi connectivity index (χ4v) is 4.35.